The third-order valence-electron chi connectivity index (χ3n) is 6.23. The molecule has 0 atom stereocenters. The van der Waals surface area contributed by atoms with Crippen LogP contribution < -0.4 is 9.05 Å². The molecule has 0 radical (unpaired) electrons. The molecular weight excluding hydrogens is 442 g/mol. The first-order valence-electron chi connectivity index (χ1n) is 12.3. The molecule has 0 spiro atoms. The Morgan fingerprint density at radius 1 is 0.500 bits per heavy atom. The van der Waals surface area contributed by atoms with E-state index in [1.807, 2.05) is 12.1 Å². The maximum Gasteiger partial charge on any atom is 0.505 e. The van der Waals surface area contributed by atoms with Crippen LogP contribution in [0.2, 0.25) is 0 Å². The first-order valence-corrected chi connectivity index (χ1v) is 13.3. The number of hydrogen-bond acceptors (Lipinski definition) is 2. The van der Waals surface area contributed by atoms with Crippen molar-refractivity contribution >= 4 is 8.69 Å². The highest BCUT2D eigenvalue weighted by Crippen LogP contribution is 2.49. The molecule has 0 saturated heterocycles. The van der Waals surface area contributed by atoms with Gasteiger partial charge in [-0.3, -0.25) is 0 Å². The van der Waals surface area contributed by atoms with E-state index in [4.69, 9.17) is 9.05 Å². The summed E-state index contributed by atoms with van der Waals surface area (Å²) in [7, 11) is -2.66. The van der Waals surface area contributed by atoms with E-state index in [0.717, 1.165) is 22.3 Å². The summed E-state index contributed by atoms with van der Waals surface area (Å²) in [6.07, 6.45) is 0. The van der Waals surface area contributed by atoms with Gasteiger partial charge in [0.25, 0.3) is 0 Å². The summed E-state index contributed by atoms with van der Waals surface area (Å²) in [5.74, 6) is 1.12. The second-order valence-electron chi connectivity index (χ2n) is 13.7. The minimum atomic E-state index is -2.66. The van der Waals surface area contributed by atoms with E-state index < -0.39 is 8.69 Å². The molecule has 190 valence electrons. The molecule has 34 heavy (non-hydrogen) atoms. The van der Waals surface area contributed by atoms with Crippen molar-refractivity contribution in [2.45, 2.75) is 119 Å². The van der Waals surface area contributed by atoms with Gasteiger partial charge in [-0.15, -0.1) is 4.20 Å². The number of benzene rings is 2. The second-order valence-corrected chi connectivity index (χ2v) is 14.5. The molecule has 0 unspecified atom stereocenters. The van der Waals surface area contributed by atoms with Crippen molar-refractivity contribution in [1.29, 1.82) is 0 Å². The van der Waals surface area contributed by atoms with Crippen molar-refractivity contribution in [2.75, 3.05) is 0 Å². The predicted molar refractivity (Wildman–Crippen MR) is 146 cm³/mol. The van der Waals surface area contributed by atoms with Gasteiger partial charge in [-0.25, -0.2) is 0 Å². The van der Waals surface area contributed by atoms with Crippen molar-refractivity contribution in [3.8, 4) is 11.5 Å². The van der Waals surface area contributed by atoms with Gasteiger partial charge in [0.15, 0.2) is 0 Å². The molecule has 0 aromatic heterocycles. The maximum absolute atomic E-state index is 15.5. The average Bonchev–Trinajstić information content (AvgIpc) is 2.57. The topological polar surface area (TPSA) is 18.5 Å². The molecule has 0 amide bonds. The molecule has 0 fully saturated rings. The van der Waals surface area contributed by atoms with Crippen LogP contribution in [0.1, 0.15) is 116 Å². The van der Waals surface area contributed by atoms with Crippen molar-refractivity contribution in [3.05, 3.63) is 57.6 Å². The zero-order valence-corrected chi connectivity index (χ0v) is 24.8. The molecule has 0 saturated carbocycles. The molecule has 2 aromatic rings. The van der Waals surface area contributed by atoms with E-state index in [1.165, 1.54) is 11.1 Å². The SMILES string of the molecule is Cc1cc(OP(F)Oc2cc(C)c(C(C)(C)C)cc2C(C)(C)C)c(C(C)(C)C)cc1C(C)(C)C. The van der Waals surface area contributed by atoms with Gasteiger partial charge in [-0.05, 0) is 69.9 Å². The molecule has 0 N–H and O–H groups in total. The smallest absolute Gasteiger partial charge is 0.414 e. The quantitative estimate of drug-likeness (QED) is 0.399. The Labute approximate surface area is 209 Å². The van der Waals surface area contributed by atoms with Crippen LogP contribution in [0.15, 0.2) is 24.3 Å². The first-order chi connectivity index (χ1) is 15.1. The van der Waals surface area contributed by atoms with Crippen LogP contribution in [0, 0.1) is 13.8 Å². The lowest BCUT2D eigenvalue weighted by molar-refractivity contribution is 0.419. The zero-order chi connectivity index (χ0) is 26.4. The van der Waals surface area contributed by atoms with E-state index in [0.29, 0.717) is 11.5 Å². The summed E-state index contributed by atoms with van der Waals surface area (Å²) < 4.78 is 27.3. The zero-order valence-electron chi connectivity index (χ0n) is 24.0. The molecule has 2 rings (SSSR count). The molecule has 2 aromatic carbocycles. The normalized spacial score (nSPS) is 13.4. The van der Waals surface area contributed by atoms with Crippen LogP contribution in [0.5, 0.6) is 11.5 Å². The van der Waals surface area contributed by atoms with E-state index in [1.54, 1.807) is 0 Å². The summed E-state index contributed by atoms with van der Waals surface area (Å²) in [4.78, 5) is 0. The van der Waals surface area contributed by atoms with Crippen LogP contribution in [0.25, 0.3) is 0 Å². The monoisotopic (exact) mass is 488 g/mol. The van der Waals surface area contributed by atoms with Gasteiger partial charge in [-0.1, -0.05) is 95.2 Å². The minimum Gasteiger partial charge on any atom is -0.414 e. The largest absolute Gasteiger partial charge is 0.505 e. The van der Waals surface area contributed by atoms with Crippen molar-refractivity contribution in [3.63, 3.8) is 0 Å². The highest BCUT2D eigenvalue weighted by atomic mass is 31.2. The van der Waals surface area contributed by atoms with Crippen molar-refractivity contribution < 1.29 is 13.2 Å². The lowest BCUT2D eigenvalue weighted by atomic mass is 9.78. The van der Waals surface area contributed by atoms with Gasteiger partial charge in [0.1, 0.15) is 11.5 Å². The third-order valence-corrected chi connectivity index (χ3v) is 6.91. The molecule has 0 heterocycles. The van der Waals surface area contributed by atoms with Gasteiger partial charge < -0.3 is 9.05 Å². The Bertz CT molecular complexity index is 945. The summed E-state index contributed by atoms with van der Waals surface area (Å²) in [5, 5.41) is 0. The molecule has 0 aliphatic carbocycles. The summed E-state index contributed by atoms with van der Waals surface area (Å²) in [6.45, 7) is 30.1. The van der Waals surface area contributed by atoms with Crippen LogP contribution in [-0.4, -0.2) is 0 Å². The number of halogens is 1. The fraction of sp³-hybridized carbons (Fsp3) is 0.600. The third kappa shape index (κ3) is 6.75. The molecule has 2 nitrogen and oxygen atoms in total. The van der Waals surface area contributed by atoms with Crippen LogP contribution in [0.4, 0.5) is 4.20 Å². The summed E-state index contributed by atoms with van der Waals surface area (Å²) >= 11 is 0. The van der Waals surface area contributed by atoms with Crippen molar-refractivity contribution in [2.24, 2.45) is 0 Å². The number of aryl methyl sites for hydroxylation is 2. The van der Waals surface area contributed by atoms with Gasteiger partial charge in [0.2, 0.25) is 0 Å². The van der Waals surface area contributed by atoms with Crippen LogP contribution in [0.3, 0.4) is 0 Å². The molecule has 4 heteroatoms. The lowest BCUT2D eigenvalue weighted by Crippen LogP contribution is -2.19. The fourth-order valence-corrected chi connectivity index (χ4v) is 5.12. The lowest BCUT2D eigenvalue weighted by Gasteiger charge is -2.30. The number of hydrogen-bond donors (Lipinski definition) is 0. The van der Waals surface area contributed by atoms with E-state index >= 15 is 4.20 Å². The minimum absolute atomic E-state index is 0.00645. The predicted octanol–water partition coefficient (Wildman–Crippen LogP) is 10.1. The Kier molecular flexibility index (Phi) is 7.96. The van der Waals surface area contributed by atoms with Crippen LogP contribution in [-0.2, 0) is 21.7 Å². The van der Waals surface area contributed by atoms with E-state index in [2.05, 4.69) is 109 Å². The highest BCUT2D eigenvalue weighted by Gasteiger charge is 2.30. The Morgan fingerprint density at radius 2 is 0.765 bits per heavy atom. The Hall–Kier alpha value is -1.60. The van der Waals surface area contributed by atoms with Gasteiger partial charge in [-0.2, -0.15) is 0 Å². The standard InChI is InChI=1S/C30H46FO2P/c1-19-15-25(23(29(9,10)11)17-21(19)27(3,4)5)32-34(31)33-26-16-20(2)22(28(6,7)8)18-24(26)30(12,13)14/h15-18H,1-14H3. The maximum atomic E-state index is 15.5. The van der Waals surface area contributed by atoms with E-state index in [9.17, 15) is 0 Å². The second kappa shape index (κ2) is 9.45. The Balaban J connectivity index is 2.50. The van der Waals surface area contributed by atoms with Crippen molar-refractivity contribution in [1.82, 2.24) is 0 Å². The molecule has 0 aliphatic heterocycles. The molecule has 0 bridgehead atoms. The van der Waals surface area contributed by atoms with Gasteiger partial charge in [0, 0.05) is 11.1 Å². The van der Waals surface area contributed by atoms with E-state index in [-0.39, 0.29) is 21.7 Å². The summed E-state index contributed by atoms with van der Waals surface area (Å²) in [6, 6.07) is 8.30. The summed E-state index contributed by atoms with van der Waals surface area (Å²) in [5.41, 5.74) is 6.27. The fourth-order valence-electron chi connectivity index (χ4n) is 4.48. The first kappa shape index (κ1) is 28.6. The van der Waals surface area contributed by atoms with Crippen LogP contribution >= 0.6 is 8.69 Å². The van der Waals surface area contributed by atoms with Gasteiger partial charge in [0.05, 0.1) is 0 Å². The van der Waals surface area contributed by atoms with Gasteiger partial charge >= 0.3 is 8.69 Å². The number of rotatable bonds is 4. The average molecular weight is 489 g/mol. The Morgan fingerprint density at radius 3 is 1.00 bits per heavy atom. The highest BCUT2D eigenvalue weighted by molar-refractivity contribution is 7.42. The molecule has 0 aliphatic rings. The molecular formula is C30H46FO2P.